The highest BCUT2D eigenvalue weighted by atomic mass is 32.2. The fraction of sp³-hybridized carbons (Fsp3) is 0.208. The summed E-state index contributed by atoms with van der Waals surface area (Å²) in [6.45, 7) is 1.25. The van der Waals surface area contributed by atoms with Gasteiger partial charge in [0.15, 0.2) is 5.82 Å². The topological polar surface area (TPSA) is 106 Å². The Labute approximate surface area is 200 Å². The van der Waals surface area contributed by atoms with Crippen LogP contribution in [0.4, 0.5) is 4.79 Å². The predicted octanol–water partition coefficient (Wildman–Crippen LogP) is 4.81. The first-order valence-corrected chi connectivity index (χ1v) is 11.8. The molecule has 0 atom stereocenters. The number of piperidine rings is 1. The Hall–Kier alpha value is -3.92. The molecule has 172 valence electrons. The van der Waals surface area contributed by atoms with Crippen molar-refractivity contribution in [1.29, 1.82) is 0 Å². The van der Waals surface area contributed by atoms with Crippen molar-refractivity contribution in [2.75, 3.05) is 13.1 Å². The van der Waals surface area contributed by atoms with Gasteiger partial charge in [-0.15, -0.1) is 5.10 Å². The molecule has 0 unspecified atom stereocenters. The number of aromatic amines is 1. The van der Waals surface area contributed by atoms with E-state index in [1.54, 1.807) is 65.6 Å². The van der Waals surface area contributed by atoms with E-state index in [9.17, 15) is 4.79 Å². The van der Waals surface area contributed by atoms with Gasteiger partial charge in [0, 0.05) is 48.6 Å². The highest BCUT2D eigenvalue weighted by Gasteiger charge is 2.26. The number of rotatable bonds is 6. The lowest BCUT2D eigenvalue weighted by Gasteiger charge is -2.30. The molecule has 0 aliphatic carbocycles. The Bertz CT molecular complexity index is 1210. The third-order valence-corrected chi connectivity index (χ3v) is 6.48. The predicted molar refractivity (Wildman–Crippen MR) is 127 cm³/mol. The van der Waals surface area contributed by atoms with E-state index in [4.69, 9.17) is 9.47 Å². The fourth-order valence-corrected chi connectivity index (χ4v) is 4.50. The zero-order valence-electron chi connectivity index (χ0n) is 18.2. The van der Waals surface area contributed by atoms with Crippen LogP contribution in [0, 0.1) is 0 Å². The standard InChI is InChI=1S/C24H22N6O3S/c31-24(33-19-6-4-18(5-7-19)32-21-3-1-2-12-26-21)30-15-10-20(11-16-30)34-23-27-22(28-29-23)17-8-13-25-14-9-17/h1-9,12-14,20H,10-11,15-16H2,(H,27,28,29). The van der Waals surface area contributed by atoms with Crippen molar-refractivity contribution >= 4 is 17.9 Å². The molecule has 9 nitrogen and oxygen atoms in total. The van der Waals surface area contributed by atoms with Gasteiger partial charge in [-0.3, -0.25) is 10.1 Å². The summed E-state index contributed by atoms with van der Waals surface area (Å²) >= 11 is 1.63. The number of hydrogen-bond donors (Lipinski definition) is 1. The van der Waals surface area contributed by atoms with Crippen molar-refractivity contribution in [3.8, 4) is 28.8 Å². The number of carbonyl (C=O) groups is 1. The Morgan fingerprint density at radius 3 is 2.47 bits per heavy atom. The van der Waals surface area contributed by atoms with Gasteiger partial charge < -0.3 is 14.4 Å². The number of H-pyrrole nitrogens is 1. The maximum absolute atomic E-state index is 12.6. The summed E-state index contributed by atoms with van der Waals surface area (Å²) in [5.41, 5.74) is 0.947. The molecule has 10 heteroatoms. The summed E-state index contributed by atoms with van der Waals surface area (Å²) in [6.07, 6.45) is 6.46. The molecule has 0 saturated carbocycles. The molecule has 1 fully saturated rings. The van der Waals surface area contributed by atoms with Crippen LogP contribution in [-0.4, -0.2) is 54.5 Å². The quantitative estimate of drug-likeness (QED) is 0.424. The van der Waals surface area contributed by atoms with Gasteiger partial charge in [-0.25, -0.2) is 14.8 Å². The van der Waals surface area contributed by atoms with Crippen molar-refractivity contribution in [2.45, 2.75) is 23.2 Å². The van der Waals surface area contributed by atoms with Crippen LogP contribution in [0.15, 0.2) is 78.3 Å². The summed E-state index contributed by atoms with van der Waals surface area (Å²) in [7, 11) is 0. The maximum Gasteiger partial charge on any atom is 0.415 e. The third kappa shape index (κ3) is 5.52. The second-order valence-electron chi connectivity index (χ2n) is 7.62. The van der Waals surface area contributed by atoms with Gasteiger partial charge >= 0.3 is 6.09 Å². The average molecular weight is 475 g/mol. The molecule has 1 aliphatic rings. The summed E-state index contributed by atoms with van der Waals surface area (Å²) in [5.74, 6) is 2.32. The molecule has 3 aromatic heterocycles. The second kappa shape index (κ2) is 10.3. The minimum Gasteiger partial charge on any atom is -0.439 e. The molecule has 1 N–H and O–H groups in total. The summed E-state index contributed by atoms with van der Waals surface area (Å²) in [6, 6.07) is 16.1. The van der Waals surface area contributed by atoms with E-state index >= 15 is 0 Å². The van der Waals surface area contributed by atoms with Crippen LogP contribution in [0.2, 0.25) is 0 Å². The Morgan fingerprint density at radius 2 is 1.74 bits per heavy atom. The number of pyridine rings is 2. The monoisotopic (exact) mass is 474 g/mol. The van der Waals surface area contributed by atoms with Gasteiger partial charge in [-0.1, -0.05) is 17.8 Å². The lowest BCUT2D eigenvalue weighted by Crippen LogP contribution is -2.40. The number of nitrogens with one attached hydrogen (secondary N) is 1. The van der Waals surface area contributed by atoms with E-state index in [0.717, 1.165) is 24.2 Å². The molecule has 5 rings (SSSR count). The fourth-order valence-electron chi connectivity index (χ4n) is 3.51. The largest absolute Gasteiger partial charge is 0.439 e. The number of amides is 1. The van der Waals surface area contributed by atoms with Crippen molar-refractivity contribution in [3.63, 3.8) is 0 Å². The van der Waals surface area contributed by atoms with Gasteiger partial charge in [0.1, 0.15) is 11.5 Å². The summed E-state index contributed by atoms with van der Waals surface area (Å²) < 4.78 is 11.2. The normalized spacial score (nSPS) is 14.1. The van der Waals surface area contributed by atoms with Gasteiger partial charge in [-0.2, -0.15) is 0 Å². The molecule has 4 heterocycles. The molecule has 0 radical (unpaired) electrons. The Morgan fingerprint density at radius 1 is 0.971 bits per heavy atom. The first kappa shape index (κ1) is 21.9. The maximum atomic E-state index is 12.6. The molecule has 4 aromatic rings. The summed E-state index contributed by atoms with van der Waals surface area (Å²) in [4.78, 5) is 27.0. The zero-order valence-corrected chi connectivity index (χ0v) is 19.0. The number of aromatic nitrogens is 5. The van der Waals surface area contributed by atoms with Crippen molar-refractivity contribution in [1.82, 2.24) is 30.0 Å². The van der Waals surface area contributed by atoms with Crippen molar-refractivity contribution in [2.24, 2.45) is 0 Å². The number of ether oxygens (including phenoxy) is 2. The number of hydrogen-bond acceptors (Lipinski definition) is 8. The van der Waals surface area contributed by atoms with Crippen LogP contribution < -0.4 is 9.47 Å². The van der Waals surface area contributed by atoms with E-state index in [0.29, 0.717) is 40.9 Å². The highest BCUT2D eigenvalue weighted by Crippen LogP contribution is 2.30. The van der Waals surface area contributed by atoms with Crippen LogP contribution in [0.1, 0.15) is 12.8 Å². The zero-order chi connectivity index (χ0) is 23.2. The van der Waals surface area contributed by atoms with Crippen LogP contribution in [-0.2, 0) is 0 Å². The van der Waals surface area contributed by atoms with E-state index in [-0.39, 0.29) is 6.09 Å². The number of benzene rings is 1. The number of carbonyl (C=O) groups excluding carboxylic acids is 1. The summed E-state index contributed by atoms with van der Waals surface area (Å²) in [5, 5.41) is 8.34. The third-order valence-electron chi connectivity index (χ3n) is 5.28. The van der Waals surface area contributed by atoms with E-state index in [2.05, 4.69) is 25.1 Å². The molecule has 1 saturated heterocycles. The van der Waals surface area contributed by atoms with Gasteiger partial charge in [-0.05, 0) is 55.3 Å². The first-order valence-electron chi connectivity index (χ1n) is 10.9. The number of likely N-dealkylation sites (tertiary alicyclic amines) is 1. The van der Waals surface area contributed by atoms with Crippen molar-refractivity contribution < 1.29 is 14.3 Å². The molecule has 1 amide bonds. The first-order chi connectivity index (χ1) is 16.7. The smallest absolute Gasteiger partial charge is 0.415 e. The van der Waals surface area contributed by atoms with Gasteiger partial charge in [0.05, 0.1) is 0 Å². The minimum atomic E-state index is -0.347. The lowest BCUT2D eigenvalue weighted by atomic mass is 10.1. The second-order valence-corrected chi connectivity index (χ2v) is 8.88. The average Bonchev–Trinajstić information content (AvgIpc) is 3.35. The van der Waals surface area contributed by atoms with Crippen LogP contribution in [0.5, 0.6) is 17.4 Å². The number of thioether (sulfide) groups is 1. The Kier molecular flexibility index (Phi) is 6.66. The van der Waals surface area contributed by atoms with E-state index < -0.39 is 0 Å². The van der Waals surface area contributed by atoms with Gasteiger partial charge in [0.2, 0.25) is 11.0 Å². The molecule has 1 aliphatic heterocycles. The Balaban J connectivity index is 1.09. The molecular formula is C24H22N6O3S. The van der Waals surface area contributed by atoms with Crippen LogP contribution in [0.25, 0.3) is 11.4 Å². The molecule has 0 bridgehead atoms. The van der Waals surface area contributed by atoms with E-state index in [1.807, 2.05) is 24.3 Å². The van der Waals surface area contributed by atoms with Crippen LogP contribution in [0.3, 0.4) is 0 Å². The molecule has 1 aromatic carbocycles. The van der Waals surface area contributed by atoms with Gasteiger partial charge in [0.25, 0.3) is 0 Å². The van der Waals surface area contributed by atoms with E-state index in [1.165, 1.54) is 0 Å². The van der Waals surface area contributed by atoms with Crippen molar-refractivity contribution in [3.05, 3.63) is 73.2 Å². The molecule has 34 heavy (non-hydrogen) atoms. The SMILES string of the molecule is O=C(Oc1ccc(Oc2ccccn2)cc1)N1CCC(Sc2n[nH]c(-c3ccncc3)n2)CC1. The van der Waals surface area contributed by atoms with Crippen LogP contribution >= 0.6 is 11.8 Å². The molecule has 0 spiro atoms. The molecular weight excluding hydrogens is 452 g/mol. The highest BCUT2D eigenvalue weighted by molar-refractivity contribution is 7.99. The minimum absolute atomic E-state index is 0.341. The number of nitrogens with zero attached hydrogens (tertiary/aromatic N) is 5. The lowest BCUT2D eigenvalue weighted by molar-refractivity contribution is 0.143.